The molecular weight excluding hydrogens is 542 g/mol. The maximum atomic E-state index is 13.1. The van der Waals surface area contributed by atoms with Gasteiger partial charge in [-0.05, 0) is 59.8 Å². The summed E-state index contributed by atoms with van der Waals surface area (Å²) in [5, 5.41) is 24.8. The zero-order valence-electron chi connectivity index (χ0n) is 24.4. The van der Waals surface area contributed by atoms with Crippen molar-refractivity contribution in [1.82, 2.24) is 15.1 Å². The number of carbonyl (C=O) groups excluding carboxylic acids is 2. The van der Waals surface area contributed by atoms with Gasteiger partial charge in [0.1, 0.15) is 5.82 Å². The highest BCUT2D eigenvalue weighted by Crippen LogP contribution is 2.27. The molecule has 5 aromatic rings. The molecule has 0 bridgehead atoms. The van der Waals surface area contributed by atoms with Crippen molar-refractivity contribution >= 4 is 40.2 Å². The first-order valence-corrected chi connectivity index (χ1v) is 13.9. The van der Waals surface area contributed by atoms with E-state index in [-0.39, 0.29) is 29.5 Å². The first-order valence-electron chi connectivity index (χ1n) is 13.9. The van der Waals surface area contributed by atoms with Gasteiger partial charge in [0.2, 0.25) is 0 Å². The van der Waals surface area contributed by atoms with Gasteiger partial charge < -0.3 is 15.7 Å². The Bertz CT molecular complexity index is 1830. The normalized spacial score (nSPS) is 11.3. The Kier molecular flexibility index (Phi) is 7.98. The summed E-state index contributed by atoms with van der Waals surface area (Å²) in [7, 11) is 0. The topological polar surface area (TPSA) is 125 Å². The number of carboxylic acids is 1. The Morgan fingerprint density at radius 1 is 0.860 bits per heavy atom. The van der Waals surface area contributed by atoms with E-state index >= 15 is 0 Å². The van der Waals surface area contributed by atoms with Gasteiger partial charge in [0, 0.05) is 29.0 Å². The molecule has 218 valence electrons. The molecule has 0 unspecified atom stereocenters. The number of carboxylic acid groups (broad SMARTS) is 1. The molecule has 0 aliphatic carbocycles. The molecule has 0 radical (unpaired) electrons. The van der Waals surface area contributed by atoms with E-state index in [4.69, 9.17) is 5.10 Å². The number of anilines is 2. The van der Waals surface area contributed by atoms with E-state index in [9.17, 15) is 19.5 Å². The van der Waals surface area contributed by atoms with Crippen LogP contribution in [0.15, 0.2) is 91.0 Å². The third-order valence-electron chi connectivity index (χ3n) is 7.11. The van der Waals surface area contributed by atoms with Crippen molar-refractivity contribution in [2.75, 3.05) is 10.6 Å². The molecule has 0 saturated heterocycles. The highest BCUT2D eigenvalue weighted by molar-refractivity contribution is 6.06. The van der Waals surface area contributed by atoms with Crippen molar-refractivity contribution in [3.05, 3.63) is 119 Å². The van der Waals surface area contributed by atoms with E-state index < -0.39 is 5.97 Å². The molecule has 1 aromatic heterocycles. The van der Waals surface area contributed by atoms with Crippen molar-refractivity contribution in [2.24, 2.45) is 0 Å². The van der Waals surface area contributed by atoms with Crippen LogP contribution in [-0.4, -0.2) is 32.8 Å². The van der Waals surface area contributed by atoms with Crippen molar-refractivity contribution in [1.29, 1.82) is 0 Å². The molecule has 9 heteroatoms. The number of nitrogens with zero attached hydrogens (tertiary/aromatic N) is 2. The fourth-order valence-electron chi connectivity index (χ4n) is 4.72. The minimum Gasteiger partial charge on any atom is -0.478 e. The SMILES string of the molecule is Cc1cc(C(=O)NCc2ccc(-n3nc(C(C)(C)C)cc3NC(=O)Nc3cccc4ccccc34)cc2)ccc1C(=O)O. The van der Waals surface area contributed by atoms with Crippen LogP contribution < -0.4 is 16.0 Å². The molecule has 4 N–H and O–H groups in total. The van der Waals surface area contributed by atoms with Gasteiger partial charge in [0.15, 0.2) is 0 Å². The molecule has 0 saturated carbocycles. The third kappa shape index (κ3) is 6.56. The van der Waals surface area contributed by atoms with Crippen molar-refractivity contribution in [3.63, 3.8) is 0 Å². The maximum absolute atomic E-state index is 13.1. The zero-order valence-corrected chi connectivity index (χ0v) is 24.4. The van der Waals surface area contributed by atoms with E-state index in [1.165, 1.54) is 12.1 Å². The second kappa shape index (κ2) is 11.8. The predicted octanol–water partition coefficient (Wildman–Crippen LogP) is 6.90. The number of urea groups is 1. The second-order valence-corrected chi connectivity index (χ2v) is 11.4. The average molecular weight is 576 g/mol. The van der Waals surface area contributed by atoms with Gasteiger partial charge >= 0.3 is 12.0 Å². The van der Waals surface area contributed by atoms with E-state index in [1.807, 2.05) is 72.8 Å². The summed E-state index contributed by atoms with van der Waals surface area (Å²) in [6.07, 6.45) is 0. The van der Waals surface area contributed by atoms with Crippen molar-refractivity contribution in [2.45, 2.75) is 39.7 Å². The third-order valence-corrected chi connectivity index (χ3v) is 7.11. The van der Waals surface area contributed by atoms with Gasteiger partial charge in [-0.2, -0.15) is 5.10 Å². The summed E-state index contributed by atoms with van der Waals surface area (Å²) < 4.78 is 1.69. The number of amides is 3. The van der Waals surface area contributed by atoms with Crippen LogP contribution in [0.4, 0.5) is 16.3 Å². The van der Waals surface area contributed by atoms with Gasteiger partial charge in [-0.1, -0.05) is 69.3 Å². The zero-order chi connectivity index (χ0) is 30.7. The number of aromatic carboxylic acids is 1. The van der Waals surface area contributed by atoms with Crippen molar-refractivity contribution in [3.8, 4) is 5.69 Å². The van der Waals surface area contributed by atoms with Crippen LogP contribution in [0.1, 0.15) is 58.3 Å². The smallest absolute Gasteiger partial charge is 0.335 e. The monoisotopic (exact) mass is 575 g/mol. The van der Waals surface area contributed by atoms with Crippen LogP contribution in [0.2, 0.25) is 0 Å². The number of aromatic nitrogens is 2. The fourth-order valence-corrected chi connectivity index (χ4v) is 4.72. The summed E-state index contributed by atoms with van der Waals surface area (Å²) >= 11 is 0. The Morgan fingerprint density at radius 2 is 1.58 bits per heavy atom. The average Bonchev–Trinajstić information content (AvgIpc) is 3.40. The lowest BCUT2D eigenvalue weighted by Crippen LogP contribution is -2.23. The van der Waals surface area contributed by atoms with Gasteiger partial charge in [0.25, 0.3) is 5.91 Å². The number of hydrogen-bond acceptors (Lipinski definition) is 4. The molecule has 1 heterocycles. The number of fused-ring (bicyclic) bond motifs is 1. The molecule has 0 fully saturated rings. The number of benzene rings is 4. The Hall–Kier alpha value is -5.44. The first-order chi connectivity index (χ1) is 20.5. The van der Waals surface area contributed by atoms with E-state index in [0.717, 1.165) is 27.7 Å². The number of aryl methyl sites for hydroxylation is 1. The number of rotatable bonds is 7. The highest BCUT2D eigenvalue weighted by atomic mass is 16.4. The van der Waals surface area contributed by atoms with E-state index in [0.29, 0.717) is 22.6 Å². The lowest BCUT2D eigenvalue weighted by Gasteiger charge is -2.14. The van der Waals surface area contributed by atoms with E-state index in [2.05, 4.69) is 36.7 Å². The van der Waals surface area contributed by atoms with Crippen LogP contribution in [0.5, 0.6) is 0 Å². The molecule has 0 spiro atoms. The Balaban J connectivity index is 1.31. The predicted molar refractivity (Wildman–Crippen MR) is 168 cm³/mol. The molecule has 4 aromatic carbocycles. The minimum absolute atomic E-state index is 0.167. The van der Waals surface area contributed by atoms with Crippen LogP contribution in [-0.2, 0) is 12.0 Å². The number of nitrogens with one attached hydrogen (secondary N) is 3. The Morgan fingerprint density at radius 3 is 2.28 bits per heavy atom. The fraction of sp³-hybridized carbons (Fsp3) is 0.176. The quantitative estimate of drug-likeness (QED) is 0.168. The summed E-state index contributed by atoms with van der Waals surface area (Å²) in [4.78, 5) is 37.1. The molecule has 0 atom stereocenters. The van der Waals surface area contributed by atoms with Gasteiger partial charge in [0.05, 0.1) is 22.6 Å². The molecule has 5 rings (SSSR count). The van der Waals surface area contributed by atoms with Crippen LogP contribution in [0, 0.1) is 6.92 Å². The number of hydrogen-bond donors (Lipinski definition) is 4. The van der Waals surface area contributed by atoms with Crippen LogP contribution in [0.3, 0.4) is 0 Å². The Labute approximate surface area is 249 Å². The summed E-state index contributed by atoms with van der Waals surface area (Å²) in [6.45, 7) is 8.12. The number of carbonyl (C=O) groups is 3. The van der Waals surface area contributed by atoms with Gasteiger partial charge in [-0.3, -0.25) is 10.1 Å². The molecule has 43 heavy (non-hydrogen) atoms. The summed E-state index contributed by atoms with van der Waals surface area (Å²) in [5.74, 6) is -0.807. The van der Waals surface area contributed by atoms with Gasteiger partial charge in [-0.25, -0.2) is 14.3 Å². The first kappa shape index (κ1) is 29.1. The standard InChI is InChI=1S/C34H33N5O4/c1-21-18-24(14-17-26(21)32(41)42)31(40)35-20-22-12-15-25(16-13-22)39-30(19-29(38-39)34(2,3)4)37-33(43)36-28-11-7-9-23-8-5-6-10-27(23)28/h5-19H,20H2,1-4H3,(H,35,40)(H,41,42)(H2,36,37,43). The molecule has 9 nitrogen and oxygen atoms in total. The maximum Gasteiger partial charge on any atom is 0.335 e. The van der Waals surface area contributed by atoms with Gasteiger partial charge in [-0.15, -0.1) is 0 Å². The lowest BCUT2D eigenvalue weighted by molar-refractivity contribution is 0.0695. The van der Waals surface area contributed by atoms with E-state index in [1.54, 1.807) is 17.7 Å². The largest absolute Gasteiger partial charge is 0.478 e. The highest BCUT2D eigenvalue weighted by Gasteiger charge is 2.22. The van der Waals surface area contributed by atoms with Crippen LogP contribution >= 0.6 is 0 Å². The summed E-state index contributed by atoms with van der Waals surface area (Å²) in [5.41, 5.74) is 3.95. The minimum atomic E-state index is -1.03. The van der Waals surface area contributed by atoms with Crippen LogP contribution in [0.25, 0.3) is 16.5 Å². The van der Waals surface area contributed by atoms with Crippen molar-refractivity contribution < 1.29 is 19.5 Å². The lowest BCUT2D eigenvalue weighted by atomic mass is 9.92. The summed E-state index contributed by atoms with van der Waals surface area (Å²) in [6, 6.07) is 27.1. The molecular formula is C34H33N5O4. The molecule has 3 amide bonds. The molecule has 0 aliphatic heterocycles. The molecule has 0 aliphatic rings. The second-order valence-electron chi connectivity index (χ2n) is 11.4.